The highest BCUT2D eigenvalue weighted by molar-refractivity contribution is 7.89. The third-order valence-electron chi connectivity index (χ3n) is 4.96. The summed E-state index contributed by atoms with van der Waals surface area (Å²) >= 11 is 0. The van der Waals surface area contributed by atoms with Crippen molar-refractivity contribution in [2.24, 2.45) is 0 Å². The zero-order valence-corrected chi connectivity index (χ0v) is 16.3. The van der Waals surface area contributed by atoms with Crippen molar-refractivity contribution in [2.75, 3.05) is 26.2 Å². The smallest absolute Gasteiger partial charge is 0.256 e. The van der Waals surface area contributed by atoms with Gasteiger partial charge in [-0.2, -0.15) is 4.31 Å². The Kier molecular flexibility index (Phi) is 5.62. The minimum absolute atomic E-state index is 0.0166. The molecule has 1 fully saturated rings. The minimum atomic E-state index is -3.63. The van der Waals surface area contributed by atoms with Crippen molar-refractivity contribution >= 4 is 15.9 Å². The van der Waals surface area contributed by atoms with Gasteiger partial charge in [-0.25, -0.2) is 12.8 Å². The number of nitrogens with zero attached hydrogens (tertiary/aromatic N) is 2. The third kappa shape index (κ3) is 4.04. The summed E-state index contributed by atoms with van der Waals surface area (Å²) in [5.74, 6) is -0.968. The van der Waals surface area contributed by atoms with Gasteiger partial charge in [0.25, 0.3) is 5.91 Å². The quantitative estimate of drug-likeness (QED) is 0.810. The number of hydrogen-bond donors (Lipinski definition) is 0. The van der Waals surface area contributed by atoms with Crippen molar-refractivity contribution in [1.82, 2.24) is 9.21 Å². The monoisotopic (exact) mass is 390 g/mol. The Labute approximate surface area is 159 Å². The van der Waals surface area contributed by atoms with Gasteiger partial charge in [0.1, 0.15) is 5.82 Å². The first kappa shape index (κ1) is 19.5. The van der Waals surface area contributed by atoms with Gasteiger partial charge in [0, 0.05) is 26.2 Å². The fraction of sp³-hybridized carbons (Fsp3) is 0.350. The van der Waals surface area contributed by atoms with Crippen LogP contribution < -0.4 is 0 Å². The van der Waals surface area contributed by atoms with Gasteiger partial charge < -0.3 is 4.90 Å². The summed E-state index contributed by atoms with van der Waals surface area (Å²) in [5, 5.41) is 0. The molecule has 0 aliphatic carbocycles. The molecule has 7 heteroatoms. The van der Waals surface area contributed by atoms with Gasteiger partial charge in [-0.15, -0.1) is 0 Å². The van der Waals surface area contributed by atoms with Gasteiger partial charge in [0.15, 0.2) is 0 Å². The van der Waals surface area contributed by atoms with E-state index in [0.717, 1.165) is 11.1 Å². The van der Waals surface area contributed by atoms with Crippen LogP contribution in [0.5, 0.6) is 0 Å². The lowest BCUT2D eigenvalue weighted by molar-refractivity contribution is 0.0759. The van der Waals surface area contributed by atoms with E-state index in [2.05, 4.69) is 0 Å². The van der Waals surface area contributed by atoms with Crippen LogP contribution in [0.25, 0.3) is 0 Å². The number of hydrogen-bond acceptors (Lipinski definition) is 3. The average Bonchev–Trinajstić information content (AvgIpc) is 2.90. The summed E-state index contributed by atoms with van der Waals surface area (Å²) in [7, 11) is -3.63. The topological polar surface area (TPSA) is 57.7 Å². The number of amides is 1. The van der Waals surface area contributed by atoms with Crippen molar-refractivity contribution in [3.8, 4) is 0 Å². The normalized spacial score (nSPS) is 16.2. The maximum absolute atomic E-state index is 13.9. The van der Waals surface area contributed by atoms with Crippen molar-refractivity contribution in [2.45, 2.75) is 25.2 Å². The summed E-state index contributed by atoms with van der Waals surface area (Å²) in [6, 6.07) is 10.9. The average molecular weight is 390 g/mol. The van der Waals surface area contributed by atoms with Crippen molar-refractivity contribution in [3.63, 3.8) is 0 Å². The highest BCUT2D eigenvalue weighted by Crippen LogP contribution is 2.21. The Bertz CT molecular complexity index is 959. The largest absolute Gasteiger partial charge is 0.337 e. The molecule has 0 atom stereocenters. The molecular weight excluding hydrogens is 367 g/mol. The van der Waals surface area contributed by atoms with Crippen LogP contribution in [0.1, 0.15) is 27.9 Å². The highest BCUT2D eigenvalue weighted by atomic mass is 32.2. The van der Waals surface area contributed by atoms with E-state index in [9.17, 15) is 17.6 Å². The van der Waals surface area contributed by atoms with Crippen LogP contribution in [-0.2, 0) is 10.0 Å². The molecule has 1 heterocycles. The molecule has 0 saturated carbocycles. The summed E-state index contributed by atoms with van der Waals surface area (Å²) in [6.45, 7) is 4.96. The highest BCUT2D eigenvalue weighted by Gasteiger charge is 2.29. The predicted octanol–water partition coefficient (Wildman–Crippen LogP) is 2.98. The zero-order valence-electron chi connectivity index (χ0n) is 15.5. The van der Waals surface area contributed by atoms with Gasteiger partial charge >= 0.3 is 0 Å². The molecule has 5 nitrogen and oxygen atoms in total. The van der Waals surface area contributed by atoms with Crippen LogP contribution in [-0.4, -0.2) is 49.7 Å². The van der Waals surface area contributed by atoms with Crippen LogP contribution in [0.2, 0.25) is 0 Å². The molecule has 0 aromatic heterocycles. The second-order valence-corrected chi connectivity index (χ2v) is 8.71. The molecule has 0 N–H and O–H groups in total. The number of carbonyl (C=O) groups is 1. The van der Waals surface area contributed by atoms with E-state index >= 15 is 0 Å². The van der Waals surface area contributed by atoms with Gasteiger partial charge in [-0.05, 0) is 55.7 Å². The first-order chi connectivity index (χ1) is 12.8. The number of sulfonamides is 1. The number of benzene rings is 2. The molecule has 2 aromatic carbocycles. The lowest BCUT2D eigenvalue weighted by Gasteiger charge is -2.22. The molecule has 0 radical (unpaired) electrons. The molecule has 0 spiro atoms. The van der Waals surface area contributed by atoms with Gasteiger partial charge in [0.2, 0.25) is 10.0 Å². The Morgan fingerprint density at radius 3 is 2.41 bits per heavy atom. The lowest BCUT2D eigenvalue weighted by Crippen LogP contribution is -2.37. The molecule has 0 unspecified atom stereocenters. The SMILES string of the molecule is Cc1ccc(S(=O)(=O)N2CCCN(C(=O)c3ccccc3F)CC2)cc1C. The summed E-state index contributed by atoms with van der Waals surface area (Å²) < 4.78 is 41.2. The van der Waals surface area contributed by atoms with Crippen LogP contribution >= 0.6 is 0 Å². The number of carbonyl (C=O) groups excluding carboxylic acids is 1. The Morgan fingerprint density at radius 1 is 0.963 bits per heavy atom. The first-order valence-corrected chi connectivity index (χ1v) is 10.4. The van der Waals surface area contributed by atoms with Crippen molar-refractivity contribution < 1.29 is 17.6 Å². The van der Waals surface area contributed by atoms with E-state index < -0.39 is 21.7 Å². The van der Waals surface area contributed by atoms with Crippen molar-refractivity contribution in [3.05, 3.63) is 65.0 Å². The van der Waals surface area contributed by atoms with Crippen LogP contribution in [0.15, 0.2) is 47.4 Å². The Balaban J connectivity index is 1.77. The predicted molar refractivity (Wildman–Crippen MR) is 102 cm³/mol. The van der Waals surface area contributed by atoms with E-state index in [-0.39, 0.29) is 23.5 Å². The van der Waals surface area contributed by atoms with Crippen LogP contribution in [0.4, 0.5) is 4.39 Å². The number of rotatable bonds is 3. The number of aryl methyl sites for hydroxylation is 2. The molecule has 1 amide bonds. The molecule has 1 saturated heterocycles. The standard InChI is InChI=1S/C20H23FN2O3S/c1-15-8-9-17(14-16(15)2)27(25,26)23-11-5-10-22(12-13-23)20(24)18-6-3-4-7-19(18)21/h3-4,6-9,14H,5,10-13H2,1-2H3. The molecule has 3 rings (SSSR count). The van der Waals surface area contributed by atoms with Gasteiger partial charge in [-0.3, -0.25) is 4.79 Å². The van der Waals surface area contributed by atoms with Crippen LogP contribution in [0.3, 0.4) is 0 Å². The summed E-state index contributed by atoms with van der Waals surface area (Å²) in [6.07, 6.45) is 0.504. The molecule has 1 aliphatic rings. The second kappa shape index (κ2) is 7.78. The number of halogens is 1. The summed E-state index contributed by atoms with van der Waals surface area (Å²) in [4.78, 5) is 14.4. The molecule has 144 valence electrons. The maximum atomic E-state index is 13.9. The second-order valence-electron chi connectivity index (χ2n) is 6.78. The van der Waals surface area contributed by atoms with Crippen molar-refractivity contribution in [1.29, 1.82) is 0 Å². The molecular formula is C20H23FN2O3S. The van der Waals surface area contributed by atoms with E-state index in [4.69, 9.17) is 0 Å². The maximum Gasteiger partial charge on any atom is 0.256 e. The lowest BCUT2D eigenvalue weighted by atomic mass is 10.1. The van der Waals surface area contributed by atoms with Gasteiger partial charge in [0.05, 0.1) is 10.5 Å². The third-order valence-corrected chi connectivity index (χ3v) is 6.86. The van der Waals surface area contributed by atoms with E-state index in [0.29, 0.717) is 19.5 Å². The fourth-order valence-electron chi connectivity index (χ4n) is 3.17. The fourth-order valence-corrected chi connectivity index (χ4v) is 4.72. The Hall–Kier alpha value is -2.25. The zero-order chi connectivity index (χ0) is 19.6. The van der Waals surface area contributed by atoms with Crippen LogP contribution in [0, 0.1) is 19.7 Å². The Morgan fingerprint density at radius 2 is 1.70 bits per heavy atom. The molecule has 27 heavy (non-hydrogen) atoms. The first-order valence-electron chi connectivity index (χ1n) is 8.92. The van der Waals surface area contributed by atoms with E-state index in [1.807, 2.05) is 13.8 Å². The minimum Gasteiger partial charge on any atom is -0.337 e. The van der Waals surface area contributed by atoms with E-state index in [1.165, 1.54) is 27.4 Å². The molecule has 1 aliphatic heterocycles. The van der Waals surface area contributed by atoms with Gasteiger partial charge in [-0.1, -0.05) is 18.2 Å². The molecule has 2 aromatic rings. The molecule has 0 bridgehead atoms. The summed E-state index contributed by atoms with van der Waals surface area (Å²) in [5.41, 5.74) is 1.97. The van der Waals surface area contributed by atoms with E-state index in [1.54, 1.807) is 24.3 Å².